The fraction of sp³-hybridized carbons (Fsp3) is 0.206. The van der Waals surface area contributed by atoms with Crippen molar-refractivity contribution in [2.24, 2.45) is 0 Å². The Balaban J connectivity index is 1.56. The molecule has 0 radical (unpaired) electrons. The van der Waals surface area contributed by atoms with Crippen molar-refractivity contribution in [2.45, 2.75) is 38.1 Å². The summed E-state index contributed by atoms with van der Waals surface area (Å²) in [5, 5.41) is 3.54. The minimum Gasteiger partial charge on any atom is -0.445 e. The number of hydrogen-bond acceptors (Lipinski definition) is 4. The van der Waals surface area contributed by atoms with Gasteiger partial charge in [-0.15, -0.1) is 0 Å². The van der Waals surface area contributed by atoms with Crippen LogP contribution in [-0.4, -0.2) is 29.7 Å². The van der Waals surface area contributed by atoms with Gasteiger partial charge < -0.3 is 19.5 Å². The van der Waals surface area contributed by atoms with Crippen molar-refractivity contribution in [1.82, 2.24) is 5.32 Å². The molecule has 5 nitrogen and oxygen atoms in total. The average molecular weight is 601 g/mol. The van der Waals surface area contributed by atoms with Gasteiger partial charge in [-0.05, 0) is 22.3 Å². The van der Waals surface area contributed by atoms with E-state index in [0.29, 0.717) is 18.5 Å². The van der Waals surface area contributed by atoms with Crippen LogP contribution in [-0.2, 0) is 34.0 Å². The van der Waals surface area contributed by atoms with Crippen LogP contribution in [0.15, 0.2) is 127 Å². The zero-order valence-electron chi connectivity index (χ0n) is 22.3. The van der Waals surface area contributed by atoms with Gasteiger partial charge in [-0.2, -0.15) is 0 Å². The lowest BCUT2D eigenvalue weighted by Crippen LogP contribution is -2.50. The number of ether oxygens (including phenoxy) is 3. The van der Waals surface area contributed by atoms with Gasteiger partial charge >= 0.3 is 6.09 Å². The van der Waals surface area contributed by atoms with Crippen molar-refractivity contribution < 1.29 is 19.0 Å². The number of carbonyl (C=O) groups excluding carboxylic acids is 1. The molecule has 1 N–H and O–H groups in total. The highest BCUT2D eigenvalue weighted by Crippen LogP contribution is 2.19. The lowest BCUT2D eigenvalue weighted by molar-refractivity contribution is -0.0827. The highest BCUT2D eigenvalue weighted by atomic mass is 79.9. The van der Waals surface area contributed by atoms with Gasteiger partial charge in [0.05, 0.1) is 25.4 Å². The van der Waals surface area contributed by atoms with E-state index in [1.807, 2.05) is 133 Å². The molecule has 3 atom stereocenters. The van der Waals surface area contributed by atoms with E-state index in [1.54, 1.807) is 0 Å². The summed E-state index contributed by atoms with van der Waals surface area (Å²) in [6, 6.07) is 39.0. The van der Waals surface area contributed by atoms with Crippen LogP contribution in [0.1, 0.15) is 22.3 Å². The third-order valence-electron chi connectivity index (χ3n) is 6.26. The molecule has 4 aromatic carbocycles. The van der Waals surface area contributed by atoms with E-state index < -0.39 is 18.2 Å². The SMILES string of the molecule is O=C(N[C@@H](/C=C/c1ccccc1)[C@H](OCc1ccccc1)[C@@H](CBr)OCc1ccccc1)OCc1ccccc1. The average Bonchev–Trinajstić information content (AvgIpc) is 3.02. The highest BCUT2D eigenvalue weighted by Gasteiger charge is 2.31. The molecule has 4 aromatic rings. The predicted molar refractivity (Wildman–Crippen MR) is 163 cm³/mol. The summed E-state index contributed by atoms with van der Waals surface area (Å²) < 4.78 is 18.5. The predicted octanol–water partition coefficient (Wildman–Crippen LogP) is 7.56. The molecule has 0 unspecified atom stereocenters. The molecule has 40 heavy (non-hydrogen) atoms. The van der Waals surface area contributed by atoms with Gasteiger partial charge in [0.15, 0.2) is 0 Å². The number of alkyl halides is 1. The fourth-order valence-electron chi connectivity index (χ4n) is 4.13. The van der Waals surface area contributed by atoms with Crippen molar-refractivity contribution in [2.75, 3.05) is 5.33 Å². The smallest absolute Gasteiger partial charge is 0.408 e. The zero-order chi connectivity index (χ0) is 27.8. The van der Waals surface area contributed by atoms with Crippen molar-refractivity contribution in [3.8, 4) is 0 Å². The Bertz CT molecular complexity index is 1290. The first-order valence-corrected chi connectivity index (χ1v) is 14.4. The Morgan fingerprint density at radius 2 is 1.15 bits per heavy atom. The molecule has 0 saturated carbocycles. The Hall–Kier alpha value is -3.71. The molecule has 4 rings (SSSR count). The number of rotatable bonds is 14. The molecule has 0 bridgehead atoms. The van der Waals surface area contributed by atoms with E-state index in [0.717, 1.165) is 22.3 Å². The van der Waals surface area contributed by atoms with Gasteiger partial charge in [0.1, 0.15) is 12.7 Å². The molecular weight excluding hydrogens is 566 g/mol. The summed E-state index contributed by atoms with van der Waals surface area (Å²) in [6.07, 6.45) is 2.49. The molecule has 206 valence electrons. The number of amides is 1. The second-order valence-corrected chi connectivity index (χ2v) is 9.90. The van der Waals surface area contributed by atoms with Gasteiger partial charge in [-0.25, -0.2) is 4.79 Å². The molecule has 0 spiro atoms. The van der Waals surface area contributed by atoms with E-state index in [4.69, 9.17) is 14.2 Å². The maximum atomic E-state index is 13.0. The number of halogens is 1. The van der Waals surface area contributed by atoms with Gasteiger partial charge in [0.2, 0.25) is 0 Å². The second kappa shape index (κ2) is 16.4. The van der Waals surface area contributed by atoms with E-state index in [2.05, 4.69) is 21.2 Å². The van der Waals surface area contributed by atoms with Crippen LogP contribution in [0.3, 0.4) is 0 Å². The number of hydrogen-bond donors (Lipinski definition) is 1. The minimum atomic E-state index is -0.537. The van der Waals surface area contributed by atoms with Crippen LogP contribution < -0.4 is 5.32 Å². The Morgan fingerprint density at radius 1 is 0.675 bits per heavy atom. The van der Waals surface area contributed by atoms with E-state index in [-0.39, 0.29) is 12.7 Å². The first kappa shape index (κ1) is 29.3. The lowest BCUT2D eigenvalue weighted by Gasteiger charge is -2.32. The van der Waals surface area contributed by atoms with Gasteiger partial charge in [0, 0.05) is 5.33 Å². The van der Waals surface area contributed by atoms with Crippen molar-refractivity contribution >= 4 is 28.1 Å². The molecule has 0 aliphatic heterocycles. The fourth-order valence-corrected chi connectivity index (χ4v) is 4.69. The molecule has 0 saturated heterocycles. The molecule has 1 amide bonds. The largest absolute Gasteiger partial charge is 0.445 e. The molecule has 0 aliphatic rings. The summed E-state index contributed by atoms with van der Waals surface area (Å²) in [5.74, 6) is 0. The Morgan fingerprint density at radius 3 is 1.68 bits per heavy atom. The summed E-state index contributed by atoms with van der Waals surface area (Å²) in [5.41, 5.74) is 4.01. The first-order valence-electron chi connectivity index (χ1n) is 13.3. The third-order valence-corrected chi connectivity index (χ3v) is 6.90. The standard InChI is InChI=1S/C34H34BrNO4/c35-23-32(38-24-28-15-7-2-8-16-28)33(39-25-29-17-9-3-10-18-29)31(22-21-27-13-5-1-6-14-27)36-34(37)40-26-30-19-11-4-12-20-30/h1-22,31-33H,23-26H2,(H,36,37)/b22-21+/t31-,32+,33-/m0/s1. The van der Waals surface area contributed by atoms with Crippen LogP contribution in [0.5, 0.6) is 0 Å². The van der Waals surface area contributed by atoms with E-state index in [9.17, 15) is 4.79 Å². The number of carbonyl (C=O) groups is 1. The zero-order valence-corrected chi connectivity index (χ0v) is 23.9. The molecule has 0 fully saturated rings. The Kier molecular flexibility index (Phi) is 12.0. The molecule has 0 heterocycles. The quantitative estimate of drug-likeness (QED) is 0.152. The second-order valence-electron chi connectivity index (χ2n) is 9.25. The number of alkyl carbamates (subject to hydrolysis) is 1. The maximum absolute atomic E-state index is 13.0. The van der Waals surface area contributed by atoms with Crippen molar-refractivity contribution in [1.29, 1.82) is 0 Å². The van der Waals surface area contributed by atoms with Gasteiger partial charge in [-0.3, -0.25) is 0 Å². The van der Waals surface area contributed by atoms with Crippen LogP contribution in [0.4, 0.5) is 4.79 Å². The minimum absolute atomic E-state index is 0.170. The van der Waals surface area contributed by atoms with E-state index in [1.165, 1.54) is 0 Å². The monoisotopic (exact) mass is 599 g/mol. The first-order chi connectivity index (χ1) is 19.7. The Labute approximate surface area is 244 Å². The summed E-state index contributed by atoms with van der Waals surface area (Å²) in [6.45, 7) is 0.944. The maximum Gasteiger partial charge on any atom is 0.408 e. The summed E-state index contributed by atoms with van der Waals surface area (Å²) in [4.78, 5) is 13.0. The van der Waals surface area contributed by atoms with Crippen LogP contribution in [0.25, 0.3) is 6.08 Å². The van der Waals surface area contributed by atoms with Gasteiger partial charge in [0.25, 0.3) is 0 Å². The van der Waals surface area contributed by atoms with Crippen LogP contribution in [0.2, 0.25) is 0 Å². The molecule has 0 aromatic heterocycles. The summed E-state index contributed by atoms with van der Waals surface area (Å²) in [7, 11) is 0. The van der Waals surface area contributed by atoms with Crippen molar-refractivity contribution in [3.63, 3.8) is 0 Å². The van der Waals surface area contributed by atoms with E-state index >= 15 is 0 Å². The molecule has 0 aliphatic carbocycles. The highest BCUT2D eigenvalue weighted by molar-refractivity contribution is 9.09. The third kappa shape index (κ3) is 9.79. The lowest BCUT2D eigenvalue weighted by atomic mass is 10.0. The van der Waals surface area contributed by atoms with Gasteiger partial charge in [-0.1, -0.05) is 149 Å². The topological polar surface area (TPSA) is 56.8 Å². The van der Waals surface area contributed by atoms with Crippen LogP contribution in [0, 0.1) is 0 Å². The number of nitrogens with one attached hydrogen (secondary N) is 1. The molecule has 6 heteroatoms. The summed E-state index contributed by atoms with van der Waals surface area (Å²) >= 11 is 3.64. The normalized spacial score (nSPS) is 13.4. The van der Waals surface area contributed by atoms with Crippen LogP contribution >= 0.6 is 15.9 Å². The molecular formula is C34H34BrNO4. The van der Waals surface area contributed by atoms with Crippen molar-refractivity contribution in [3.05, 3.63) is 150 Å². The number of benzene rings is 4.